The fourth-order valence-electron chi connectivity index (χ4n) is 1.87. The van der Waals surface area contributed by atoms with E-state index in [2.05, 4.69) is 12.6 Å². The molecule has 0 radical (unpaired) electrons. The van der Waals surface area contributed by atoms with E-state index in [9.17, 15) is 10.2 Å². The van der Waals surface area contributed by atoms with Gasteiger partial charge >= 0.3 is 0 Å². The van der Waals surface area contributed by atoms with Crippen molar-refractivity contribution < 1.29 is 24.8 Å². The van der Waals surface area contributed by atoms with Crippen LogP contribution in [0.2, 0.25) is 5.02 Å². The Morgan fingerprint density at radius 3 is 2.42 bits per heavy atom. The molecule has 2 rings (SSSR count). The Morgan fingerprint density at radius 1 is 1.21 bits per heavy atom. The summed E-state index contributed by atoms with van der Waals surface area (Å²) in [6.45, 7) is -0.400. The summed E-state index contributed by atoms with van der Waals surface area (Å²) in [6.07, 6.45) is -4.15. The van der Waals surface area contributed by atoms with Crippen LogP contribution >= 0.6 is 24.2 Å². The van der Waals surface area contributed by atoms with Gasteiger partial charge in [0.15, 0.2) is 6.10 Å². The SMILES string of the molecule is OC[C@H]1O[C@@H](S)[C@H](Oc2ccc(Cl)cc2)[C@@H](O)[C@H]1O. The van der Waals surface area contributed by atoms with Crippen molar-refractivity contribution in [3.8, 4) is 5.75 Å². The van der Waals surface area contributed by atoms with Crippen molar-refractivity contribution in [3.05, 3.63) is 29.3 Å². The molecule has 1 aromatic carbocycles. The van der Waals surface area contributed by atoms with E-state index in [4.69, 9.17) is 26.2 Å². The summed E-state index contributed by atoms with van der Waals surface area (Å²) in [5.41, 5.74) is -0.758. The first kappa shape index (κ1) is 14.9. The van der Waals surface area contributed by atoms with Crippen molar-refractivity contribution >= 4 is 24.2 Å². The molecule has 5 nitrogen and oxygen atoms in total. The van der Waals surface area contributed by atoms with Crippen LogP contribution in [0.4, 0.5) is 0 Å². The minimum Gasteiger partial charge on any atom is -0.484 e. The highest BCUT2D eigenvalue weighted by molar-refractivity contribution is 7.80. The van der Waals surface area contributed by atoms with Crippen LogP contribution in [0.3, 0.4) is 0 Å². The summed E-state index contributed by atoms with van der Waals surface area (Å²) in [7, 11) is 0. The molecular weight excluding hydrogens is 292 g/mol. The Labute approximate surface area is 121 Å². The van der Waals surface area contributed by atoms with Gasteiger partial charge in [-0.15, -0.1) is 12.6 Å². The zero-order valence-corrected chi connectivity index (χ0v) is 11.5. The second-order valence-corrected chi connectivity index (χ2v) is 5.21. The molecule has 1 aliphatic rings. The van der Waals surface area contributed by atoms with Gasteiger partial charge in [-0.3, -0.25) is 0 Å². The quantitative estimate of drug-likeness (QED) is 0.610. The van der Waals surface area contributed by atoms with Crippen LogP contribution in [0.15, 0.2) is 24.3 Å². The van der Waals surface area contributed by atoms with E-state index >= 15 is 0 Å². The Morgan fingerprint density at radius 2 is 1.84 bits per heavy atom. The predicted octanol–water partition coefficient (Wildman–Crippen LogP) is 0.456. The van der Waals surface area contributed by atoms with Crippen LogP contribution in [0.25, 0.3) is 0 Å². The molecule has 0 aromatic heterocycles. The highest BCUT2D eigenvalue weighted by Gasteiger charge is 2.44. The van der Waals surface area contributed by atoms with E-state index in [0.717, 1.165) is 0 Å². The normalized spacial score (nSPS) is 35.1. The summed E-state index contributed by atoms with van der Waals surface area (Å²) in [4.78, 5) is 0. The molecule has 0 spiro atoms. The van der Waals surface area contributed by atoms with Gasteiger partial charge in [-0.2, -0.15) is 0 Å². The van der Waals surface area contributed by atoms with Crippen LogP contribution in [-0.4, -0.2) is 51.8 Å². The maximum Gasteiger partial charge on any atom is 0.162 e. The van der Waals surface area contributed by atoms with E-state index in [1.807, 2.05) is 0 Å². The van der Waals surface area contributed by atoms with Gasteiger partial charge in [0.25, 0.3) is 0 Å². The van der Waals surface area contributed by atoms with Gasteiger partial charge in [0.2, 0.25) is 0 Å². The van der Waals surface area contributed by atoms with Gasteiger partial charge in [0, 0.05) is 5.02 Å². The number of ether oxygens (including phenoxy) is 2. The number of rotatable bonds is 3. The summed E-state index contributed by atoms with van der Waals surface area (Å²) in [6, 6.07) is 6.57. The lowest BCUT2D eigenvalue weighted by molar-refractivity contribution is -0.198. The highest BCUT2D eigenvalue weighted by Crippen LogP contribution is 2.27. The molecule has 1 aliphatic heterocycles. The van der Waals surface area contributed by atoms with Gasteiger partial charge < -0.3 is 24.8 Å². The van der Waals surface area contributed by atoms with E-state index in [1.54, 1.807) is 24.3 Å². The Hall–Kier alpha value is -0.500. The van der Waals surface area contributed by atoms with Crippen molar-refractivity contribution in [3.63, 3.8) is 0 Å². The maximum atomic E-state index is 9.98. The molecule has 106 valence electrons. The maximum absolute atomic E-state index is 9.98. The summed E-state index contributed by atoms with van der Waals surface area (Å²) in [5, 5.41) is 29.3. The van der Waals surface area contributed by atoms with Crippen molar-refractivity contribution in [2.24, 2.45) is 0 Å². The summed E-state index contributed by atoms with van der Waals surface area (Å²) < 4.78 is 10.8. The number of hydrogen-bond acceptors (Lipinski definition) is 6. The van der Waals surface area contributed by atoms with E-state index in [-0.39, 0.29) is 0 Å². The Bertz CT molecular complexity index is 415. The Balaban J connectivity index is 2.09. The zero-order valence-electron chi connectivity index (χ0n) is 9.89. The molecule has 1 saturated heterocycles. The number of aliphatic hydroxyl groups excluding tert-OH is 3. The van der Waals surface area contributed by atoms with Gasteiger partial charge in [0.05, 0.1) is 6.61 Å². The standard InChI is InChI=1S/C12H15ClO5S/c13-6-1-3-7(4-2-6)17-11-10(16)9(15)8(5-14)18-12(11)19/h1-4,8-12,14-16,19H,5H2/t8-,9+,10+,11-,12+/m1/s1. The van der Waals surface area contributed by atoms with E-state index in [0.29, 0.717) is 10.8 Å². The van der Waals surface area contributed by atoms with Crippen molar-refractivity contribution in [2.45, 2.75) is 29.9 Å². The van der Waals surface area contributed by atoms with Crippen LogP contribution < -0.4 is 4.74 Å². The van der Waals surface area contributed by atoms with Crippen molar-refractivity contribution in [2.75, 3.05) is 6.61 Å². The van der Waals surface area contributed by atoms with Crippen molar-refractivity contribution in [1.82, 2.24) is 0 Å². The first-order chi connectivity index (χ1) is 9.02. The predicted molar refractivity (Wildman–Crippen MR) is 72.6 cm³/mol. The molecule has 1 fully saturated rings. The summed E-state index contributed by atoms with van der Waals surface area (Å²) in [5.74, 6) is 0.478. The second-order valence-electron chi connectivity index (χ2n) is 4.27. The molecule has 5 atom stereocenters. The molecule has 19 heavy (non-hydrogen) atoms. The lowest BCUT2D eigenvalue weighted by Gasteiger charge is -2.40. The molecule has 1 aromatic rings. The third-order valence-corrected chi connectivity index (χ3v) is 3.60. The molecule has 0 amide bonds. The van der Waals surface area contributed by atoms with Gasteiger partial charge in [0.1, 0.15) is 29.5 Å². The molecule has 0 unspecified atom stereocenters. The van der Waals surface area contributed by atoms with Gasteiger partial charge in [-0.1, -0.05) is 11.6 Å². The molecule has 7 heteroatoms. The van der Waals surface area contributed by atoms with Crippen LogP contribution in [0.5, 0.6) is 5.75 Å². The first-order valence-corrected chi connectivity index (χ1v) is 6.65. The van der Waals surface area contributed by atoms with Crippen molar-refractivity contribution in [1.29, 1.82) is 0 Å². The number of aliphatic hydroxyl groups is 3. The molecule has 1 heterocycles. The van der Waals surface area contributed by atoms with Gasteiger partial charge in [-0.25, -0.2) is 0 Å². The third kappa shape index (κ3) is 3.34. The fraction of sp³-hybridized carbons (Fsp3) is 0.500. The third-order valence-electron chi connectivity index (χ3n) is 2.93. The highest BCUT2D eigenvalue weighted by atomic mass is 35.5. The second kappa shape index (κ2) is 6.30. The first-order valence-electron chi connectivity index (χ1n) is 5.75. The minimum absolute atomic E-state index is 0.400. The minimum atomic E-state index is -1.23. The average molecular weight is 307 g/mol. The zero-order chi connectivity index (χ0) is 14.0. The van der Waals surface area contributed by atoms with Gasteiger partial charge in [-0.05, 0) is 24.3 Å². The number of benzene rings is 1. The Kier molecular flexibility index (Phi) is 4.94. The van der Waals surface area contributed by atoms with Crippen LogP contribution in [0.1, 0.15) is 0 Å². The lowest BCUT2D eigenvalue weighted by atomic mass is 10.00. The smallest absolute Gasteiger partial charge is 0.162 e. The molecule has 0 saturated carbocycles. The summed E-state index contributed by atoms with van der Waals surface area (Å²) >= 11 is 9.92. The number of halogens is 1. The average Bonchev–Trinajstić information content (AvgIpc) is 2.41. The topological polar surface area (TPSA) is 79.2 Å². The van der Waals surface area contributed by atoms with Crippen LogP contribution in [0, 0.1) is 0 Å². The largest absolute Gasteiger partial charge is 0.484 e. The van der Waals surface area contributed by atoms with E-state index in [1.165, 1.54) is 0 Å². The molecule has 3 N–H and O–H groups in total. The number of hydrogen-bond donors (Lipinski definition) is 4. The number of thiol groups is 1. The lowest BCUT2D eigenvalue weighted by Crippen LogP contribution is -2.58. The van der Waals surface area contributed by atoms with Crippen LogP contribution in [-0.2, 0) is 4.74 Å². The monoisotopic (exact) mass is 306 g/mol. The molecule has 0 aliphatic carbocycles. The fourth-order valence-corrected chi connectivity index (χ4v) is 2.39. The molecular formula is C12H15ClO5S. The van der Waals surface area contributed by atoms with E-state index < -0.39 is 36.5 Å². The molecule has 0 bridgehead atoms.